The summed E-state index contributed by atoms with van der Waals surface area (Å²) in [6, 6.07) is 5.10. The third-order valence-corrected chi connectivity index (χ3v) is 2.37. The quantitative estimate of drug-likeness (QED) is 0.570. The van der Waals surface area contributed by atoms with Crippen LogP contribution in [0.1, 0.15) is 13.3 Å². The van der Waals surface area contributed by atoms with E-state index in [1.54, 1.807) is 6.07 Å². The lowest BCUT2D eigenvalue weighted by atomic mass is 10.2. The average molecular weight is 220 g/mol. The minimum atomic E-state index is -0.539. The van der Waals surface area contributed by atoms with Crippen LogP contribution in [-0.2, 0) is 0 Å². The molecule has 0 aliphatic rings. The molecule has 0 fully saturated rings. The SMILES string of the molecule is CC(CC#N)N(C)c1ccc([N+](=O)[O-])nc1. The van der Waals surface area contributed by atoms with E-state index in [-0.39, 0.29) is 11.9 Å². The van der Waals surface area contributed by atoms with Crippen LogP contribution in [0.25, 0.3) is 0 Å². The number of aromatic nitrogens is 1. The molecule has 0 aliphatic carbocycles. The van der Waals surface area contributed by atoms with Crippen LogP contribution in [0.2, 0.25) is 0 Å². The summed E-state index contributed by atoms with van der Waals surface area (Å²) in [5.74, 6) is -0.176. The van der Waals surface area contributed by atoms with E-state index >= 15 is 0 Å². The lowest BCUT2D eigenvalue weighted by Gasteiger charge is -2.23. The van der Waals surface area contributed by atoms with Crippen molar-refractivity contribution in [1.29, 1.82) is 5.26 Å². The first-order valence-corrected chi connectivity index (χ1v) is 4.76. The monoisotopic (exact) mass is 220 g/mol. The van der Waals surface area contributed by atoms with E-state index in [0.29, 0.717) is 6.42 Å². The molecule has 16 heavy (non-hydrogen) atoms. The number of pyridine rings is 1. The lowest BCUT2D eigenvalue weighted by molar-refractivity contribution is -0.389. The van der Waals surface area contributed by atoms with Gasteiger partial charge in [0.05, 0.1) is 18.2 Å². The Morgan fingerprint density at radius 3 is 2.81 bits per heavy atom. The molecular formula is C10H12N4O2. The molecule has 0 aromatic carbocycles. The Hall–Kier alpha value is -2.16. The van der Waals surface area contributed by atoms with Gasteiger partial charge < -0.3 is 15.0 Å². The fourth-order valence-corrected chi connectivity index (χ4v) is 1.22. The summed E-state index contributed by atoms with van der Waals surface area (Å²) >= 11 is 0. The summed E-state index contributed by atoms with van der Waals surface area (Å²) < 4.78 is 0. The fourth-order valence-electron chi connectivity index (χ4n) is 1.22. The maximum absolute atomic E-state index is 10.4. The lowest BCUT2D eigenvalue weighted by Crippen LogP contribution is -2.28. The summed E-state index contributed by atoms with van der Waals surface area (Å²) in [6.45, 7) is 1.91. The smallest absolute Gasteiger partial charge is 0.363 e. The molecule has 84 valence electrons. The van der Waals surface area contributed by atoms with Crippen LogP contribution >= 0.6 is 0 Å². The van der Waals surface area contributed by atoms with Crippen LogP contribution < -0.4 is 4.90 Å². The molecule has 1 atom stereocenters. The Morgan fingerprint density at radius 1 is 1.69 bits per heavy atom. The van der Waals surface area contributed by atoms with Crippen LogP contribution in [0, 0.1) is 21.4 Å². The Labute approximate surface area is 93.3 Å². The molecule has 1 heterocycles. The number of hydrogen-bond acceptors (Lipinski definition) is 5. The molecule has 0 amide bonds. The van der Waals surface area contributed by atoms with Crippen LogP contribution in [0.4, 0.5) is 11.5 Å². The molecule has 0 spiro atoms. The minimum Gasteiger partial charge on any atom is -0.368 e. The van der Waals surface area contributed by atoms with E-state index in [4.69, 9.17) is 5.26 Å². The zero-order valence-corrected chi connectivity index (χ0v) is 9.12. The van der Waals surface area contributed by atoms with Crippen LogP contribution in [-0.4, -0.2) is 23.0 Å². The van der Waals surface area contributed by atoms with Gasteiger partial charge >= 0.3 is 5.82 Å². The van der Waals surface area contributed by atoms with E-state index in [9.17, 15) is 10.1 Å². The number of anilines is 1. The van der Waals surface area contributed by atoms with Gasteiger partial charge in [-0.05, 0) is 22.9 Å². The van der Waals surface area contributed by atoms with Gasteiger partial charge in [0, 0.05) is 19.2 Å². The molecule has 0 saturated heterocycles. The van der Waals surface area contributed by atoms with Crippen molar-refractivity contribution in [3.05, 3.63) is 28.4 Å². The third-order valence-electron chi connectivity index (χ3n) is 2.37. The van der Waals surface area contributed by atoms with E-state index in [0.717, 1.165) is 5.69 Å². The first kappa shape index (κ1) is 11.9. The highest BCUT2D eigenvalue weighted by atomic mass is 16.6. The Morgan fingerprint density at radius 2 is 2.38 bits per heavy atom. The topological polar surface area (TPSA) is 83.1 Å². The summed E-state index contributed by atoms with van der Waals surface area (Å²) in [4.78, 5) is 15.4. The summed E-state index contributed by atoms with van der Waals surface area (Å²) in [6.07, 6.45) is 1.83. The maximum atomic E-state index is 10.4. The molecule has 1 aromatic rings. The van der Waals surface area contributed by atoms with Crippen molar-refractivity contribution in [2.75, 3.05) is 11.9 Å². The summed E-state index contributed by atoms with van der Waals surface area (Å²) in [5, 5.41) is 19.0. The average Bonchev–Trinajstić information content (AvgIpc) is 2.28. The molecular weight excluding hydrogens is 208 g/mol. The predicted octanol–water partition coefficient (Wildman–Crippen LogP) is 1.73. The van der Waals surface area contributed by atoms with Gasteiger partial charge in [-0.3, -0.25) is 0 Å². The van der Waals surface area contributed by atoms with E-state index in [2.05, 4.69) is 11.1 Å². The molecule has 0 radical (unpaired) electrons. The van der Waals surface area contributed by atoms with Crippen molar-refractivity contribution < 1.29 is 4.92 Å². The Balaban J connectivity index is 2.82. The molecule has 1 aromatic heterocycles. The molecule has 0 saturated carbocycles. The second-order valence-corrected chi connectivity index (χ2v) is 3.45. The Kier molecular flexibility index (Phi) is 3.78. The molecule has 6 nitrogen and oxygen atoms in total. The number of nitriles is 1. The molecule has 6 heteroatoms. The highest BCUT2D eigenvalue weighted by Crippen LogP contribution is 2.17. The van der Waals surface area contributed by atoms with Crippen molar-refractivity contribution in [2.45, 2.75) is 19.4 Å². The molecule has 1 rings (SSSR count). The van der Waals surface area contributed by atoms with Gasteiger partial charge in [0.15, 0.2) is 6.20 Å². The molecule has 0 N–H and O–H groups in total. The van der Waals surface area contributed by atoms with Crippen molar-refractivity contribution in [3.8, 4) is 6.07 Å². The number of rotatable bonds is 4. The predicted molar refractivity (Wildman–Crippen MR) is 59.0 cm³/mol. The van der Waals surface area contributed by atoms with Crippen molar-refractivity contribution in [1.82, 2.24) is 4.98 Å². The zero-order chi connectivity index (χ0) is 12.1. The summed E-state index contributed by atoms with van der Waals surface area (Å²) in [7, 11) is 1.82. The normalized spacial score (nSPS) is 11.6. The number of nitrogens with zero attached hydrogens (tertiary/aromatic N) is 4. The van der Waals surface area contributed by atoms with E-state index < -0.39 is 4.92 Å². The Bertz CT molecular complexity index is 410. The van der Waals surface area contributed by atoms with Gasteiger partial charge in [0.2, 0.25) is 0 Å². The van der Waals surface area contributed by atoms with Crippen LogP contribution in [0.3, 0.4) is 0 Å². The van der Waals surface area contributed by atoms with Crippen molar-refractivity contribution >= 4 is 11.5 Å². The minimum absolute atomic E-state index is 0.0493. The molecule has 1 unspecified atom stereocenters. The van der Waals surface area contributed by atoms with E-state index in [1.165, 1.54) is 12.3 Å². The number of nitro groups is 1. The fraction of sp³-hybridized carbons (Fsp3) is 0.400. The van der Waals surface area contributed by atoms with Crippen molar-refractivity contribution in [3.63, 3.8) is 0 Å². The van der Waals surface area contributed by atoms with Gasteiger partial charge in [0.1, 0.15) is 0 Å². The zero-order valence-electron chi connectivity index (χ0n) is 9.12. The van der Waals surface area contributed by atoms with Gasteiger partial charge in [0.25, 0.3) is 0 Å². The van der Waals surface area contributed by atoms with Crippen LogP contribution in [0.5, 0.6) is 0 Å². The van der Waals surface area contributed by atoms with E-state index in [1.807, 2.05) is 18.9 Å². The standard InChI is InChI=1S/C10H12N4O2/c1-8(5-6-11)13(2)9-3-4-10(12-7-9)14(15)16/h3-4,7-8H,5H2,1-2H3. The second kappa shape index (κ2) is 5.07. The number of hydrogen-bond donors (Lipinski definition) is 0. The van der Waals surface area contributed by atoms with Gasteiger partial charge in [-0.1, -0.05) is 0 Å². The largest absolute Gasteiger partial charge is 0.368 e. The maximum Gasteiger partial charge on any atom is 0.363 e. The highest BCUT2D eigenvalue weighted by molar-refractivity contribution is 5.46. The third kappa shape index (κ3) is 2.67. The second-order valence-electron chi connectivity index (χ2n) is 3.45. The van der Waals surface area contributed by atoms with Gasteiger partial charge in [-0.15, -0.1) is 0 Å². The van der Waals surface area contributed by atoms with Crippen LogP contribution in [0.15, 0.2) is 18.3 Å². The van der Waals surface area contributed by atoms with Crippen molar-refractivity contribution in [2.24, 2.45) is 0 Å². The highest BCUT2D eigenvalue weighted by Gasteiger charge is 2.13. The first-order valence-electron chi connectivity index (χ1n) is 4.76. The molecule has 0 aliphatic heterocycles. The van der Waals surface area contributed by atoms with Gasteiger partial charge in [-0.25, -0.2) is 0 Å². The summed E-state index contributed by atoms with van der Waals surface area (Å²) in [5.41, 5.74) is 0.758. The molecule has 0 bridgehead atoms. The first-order chi connectivity index (χ1) is 7.56. The van der Waals surface area contributed by atoms with Gasteiger partial charge in [-0.2, -0.15) is 5.26 Å².